The van der Waals surface area contributed by atoms with Crippen LogP contribution >= 0.6 is 0 Å². The van der Waals surface area contributed by atoms with Crippen LogP contribution in [-0.4, -0.2) is 24.1 Å². The van der Waals surface area contributed by atoms with Crippen molar-refractivity contribution in [1.82, 2.24) is 0 Å². The van der Waals surface area contributed by atoms with Gasteiger partial charge in [0.1, 0.15) is 6.10 Å². The Balaban J connectivity index is 0. The van der Waals surface area contributed by atoms with Gasteiger partial charge in [-0.2, -0.15) is 0 Å². The Kier molecular flexibility index (Phi) is 15.4. The molecule has 0 N–H and O–H groups in total. The van der Waals surface area contributed by atoms with Crippen LogP contribution in [-0.2, 0) is 19.1 Å². The number of rotatable bonds is 10. The molecular formula is C20H36O4. The molecule has 0 rings (SSSR count). The van der Waals surface area contributed by atoms with Crippen molar-refractivity contribution in [3.63, 3.8) is 0 Å². The van der Waals surface area contributed by atoms with Gasteiger partial charge in [0.15, 0.2) is 0 Å². The van der Waals surface area contributed by atoms with Gasteiger partial charge in [-0.05, 0) is 46.5 Å². The molecule has 0 saturated heterocycles. The van der Waals surface area contributed by atoms with Crippen LogP contribution in [0.25, 0.3) is 0 Å². The minimum absolute atomic E-state index is 0.00389. The molecule has 0 aromatic rings. The summed E-state index contributed by atoms with van der Waals surface area (Å²) in [5.41, 5.74) is 0.944. The van der Waals surface area contributed by atoms with E-state index in [0.717, 1.165) is 25.7 Å². The van der Waals surface area contributed by atoms with Crippen molar-refractivity contribution < 1.29 is 19.1 Å². The lowest BCUT2D eigenvalue weighted by Crippen LogP contribution is -2.17. The fraction of sp³-hybridized carbons (Fsp3) is 0.700. The maximum atomic E-state index is 11.2. The molecule has 0 aromatic carbocycles. The molecule has 0 heterocycles. The van der Waals surface area contributed by atoms with Gasteiger partial charge in [0.2, 0.25) is 0 Å². The molecule has 0 aromatic heterocycles. The number of carbonyl (C=O) groups is 2. The van der Waals surface area contributed by atoms with Gasteiger partial charge in [-0.15, -0.1) is 0 Å². The fourth-order valence-electron chi connectivity index (χ4n) is 1.59. The summed E-state index contributed by atoms with van der Waals surface area (Å²) in [6.45, 7) is 18.4. The average molecular weight is 341 g/mol. The van der Waals surface area contributed by atoms with Crippen LogP contribution in [0.4, 0.5) is 0 Å². The minimum Gasteiger partial charge on any atom is -0.459 e. The maximum Gasteiger partial charge on any atom is 0.333 e. The van der Waals surface area contributed by atoms with E-state index in [1.165, 1.54) is 12.8 Å². The number of hydrogen-bond donors (Lipinski definition) is 0. The SMILES string of the molecule is C=C(C)C(=O)OC(C)CC.C=C(C)C(=O)OC(CC)CCCCC. The van der Waals surface area contributed by atoms with Crippen LogP contribution in [0.3, 0.4) is 0 Å². The zero-order valence-electron chi connectivity index (χ0n) is 16.4. The molecule has 2 atom stereocenters. The topological polar surface area (TPSA) is 52.6 Å². The van der Waals surface area contributed by atoms with Gasteiger partial charge in [-0.3, -0.25) is 0 Å². The minimum atomic E-state index is -0.297. The molecule has 24 heavy (non-hydrogen) atoms. The molecular weight excluding hydrogens is 304 g/mol. The van der Waals surface area contributed by atoms with E-state index in [1.807, 2.05) is 20.8 Å². The summed E-state index contributed by atoms with van der Waals surface area (Å²) >= 11 is 0. The zero-order chi connectivity index (χ0) is 19.1. The molecule has 0 saturated carbocycles. The number of ether oxygens (including phenoxy) is 2. The summed E-state index contributed by atoms with van der Waals surface area (Å²) in [5, 5.41) is 0. The van der Waals surface area contributed by atoms with Gasteiger partial charge in [0.05, 0.1) is 6.10 Å². The van der Waals surface area contributed by atoms with Crippen molar-refractivity contribution >= 4 is 11.9 Å². The van der Waals surface area contributed by atoms with Gasteiger partial charge in [0.25, 0.3) is 0 Å². The Bertz CT molecular complexity index is 398. The number of hydrogen-bond acceptors (Lipinski definition) is 4. The van der Waals surface area contributed by atoms with Crippen LogP contribution in [0.2, 0.25) is 0 Å². The molecule has 2 unspecified atom stereocenters. The third-order valence-corrected chi connectivity index (χ3v) is 3.44. The Morgan fingerprint density at radius 1 is 0.875 bits per heavy atom. The molecule has 4 heteroatoms. The van der Waals surface area contributed by atoms with Crippen molar-refractivity contribution in [1.29, 1.82) is 0 Å². The van der Waals surface area contributed by atoms with E-state index >= 15 is 0 Å². The van der Waals surface area contributed by atoms with Gasteiger partial charge >= 0.3 is 11.9 Å². The first kappa shape index (κ1) is 24.7. The summed E-state index contributed by atoms with van der Waals surface area (Å²) in [7, 11) is 0. The van der Waals surface area contributed by atoms with Crippen LogP contribution in [0, 0.1) is 0 Å². The summed E-state index contributed by atoms with van der Waals surface area (Å²) in [4.78, 5) is 22.0. The predicted octanol–water partition coefficient (Wildman–Crippen LogP) is 5.37. The molecule has 0 spiro atoms. The molecule has 0 amide bonds. The molecule has 0 aliphatic carbocycles. The third-order valence-electron chi connectivity index (χ3n) is 3.44. The summed E-state index contributed by atoms with van der Waals surface area (Å²) in [6, 6.07) is 0. The summed E-state index contributed by atoms with van der Waals surface area (Å²) in [5.74, 6) is -0.553. The highest BCUT2D eigenvalue weighted by molar-refractivity contribution is 5.87. The highest BCUT2D eigenvalue weighted by Gasteiger charge is 2.12. The first-order valence-electron chi connectivity index (χ1n) is 8.92. The fourth-order valence-corrected chi connectivity index (χ4v) is 1.59. The van der Waals surface area contributed by atoms with Gasteiger partial charge in [-0.1, -0.05) is 46.8 Å². The maximum absolute atomic E-state index is 11.2. The van der Waals surface area contributed by atoms with E-state index in [1.54, 1.807) is 13.8 Å². The predicted molar refractivity (Wildman–Crippen MR) is 99.8 cm³/mol. The van der Waals surface area contributed by atoms with E-state index in [2.05, 4.69) is 20.1 Å². The molecule has 0 aliphatic heterocycles. The monoisotopic (exact) mass is 340 g/mol. The van der Waals surface area contributed by atoms with Crippen LogP contribution in [0.5, 0.6) is 0 Å². The Hall–Kier alpha value is -1.58. The first-order chi connectivity index (χ1) is 11.2. The largest absolute Gasteiger partial charge is 0.459 e. The smallest absolute Gasteiger partial charge is 0.333 e. The first-order valence-corrected chi connectivity index (χ1v) is 8.92. The number of esters is 2. The molecule has 4 nitrogen and oxygen atoms in total. The molecule has 140 valence electrons. The Labute approximate surface area is 148 Å². The van der Waals surface area contributed by atoms with Crippen LogP contribution < -0.4 is 0 Å². The lowest BCUT2D eigenvalue weighted by molar-refractivity contribution is -0.145. The molecule has 0 fully saturated rings. The van der Waals surface area contributed by atoms with E-state index in [9.17, 15) is 9.59 Å². The van der Waals surface area contributed by atoms with Crippen molar-refractivity contribution in [2.24, 2.45) is 0 Å². The number of carbonyl (C=O) groups excluding carboxylic acids is 2. The lowest BCUT2D eigenvalue weighted by Gasteiger charge is -2.15. The standard InChI is InChI=1S/C12H22O2.C8H14O2/c1-5-7-8-9-11(6-2)14-12(13)10(3)4;1-5-7(4)10-8(9)6(2)3/h11H,3,5-9H2,1-2,4H3;7H,2,5H2,1,3-4H3. The van der Waals surface area contributed by atoms with Crippen molar-refractivity contribution in [2.75, 3.05) is 0 Å². The summed E-state index contributed by atoms with van der Waals surface area (Å²) < 4.78 is 10.2. The van der Waals surface area contributed by atoms with Crippen molar-refractivity contribution in [3.05, 3.63) is 24.3 Å². The van der Waals surface area contributed by atoms with Crippen molar-refractivity contribution in [2.45, 2.75) is 92.3 Å². The van der Waals surface area contributed by atoms with E-state index < -0.39 is 0 Å². The summed E-state index contributed by atoms with van der Waals surface area (Å²) in [6.07, 6.45) is 6.34. The van der Waals surface area contributed by atoms with E-state index in [-0.39, 0.29) is 24.1 Å². The normalized spacial score (nSPS) is 12.2. The van der Waals surface area contributed by atoms with Crippen LogP contribution in [0.15, 0.2) is 24.3 Å². The molecule has 0 bridgehead atoms. The van der Waals surface area contributed by atoms with E-state index in [4.69, 9.17) is 9.47 Å². The molecule has 0 aliphatic rings. The second-order valence-corrected chi connectivity index (χ2v) is 6.12. The van der Waals surface area contributed by atoms with Gasteiger partial charge in [0, 0.05) is 11.1 Å². The van der Waals surface area contributed by atoms with Crippen molar-refractivity contribution in [3.8, 4) is 0 Å². The lowest BCUT2D eigenvalue weighted by atomic mass is 10.1. The number of unbranched alkanes of at least 4 members (excludes halogenated alkanes) is 2. The molecule has 0 radical (unpaired) electrons. The Morgan fingerprint density at radius 3 is 1.75 bits per heavy atom. The quantitative estimate of drug-likeness (QED) is 0.305. The third kappa shape index (κ3) is 14.0. The highest BCUT2D eigenvalue weighted by atomic mass is 16.5. The van der Waals surface area contributed by atoms with Crippen LogP contribution in [0.1, 0.15) is 80.1 Å². The second-order valence-electron chi connectivity index (χ2n) is 6.12. The van der Waals surface area contributed by atoms with Gasteiger partial charge < -0.3 is 9.47 Å². The van der Waals surface area contributed by atoms with Gasteiger partial charge in [-0.25, -0.2) is 9.59 Å². The second kappa shape index (κ2) is 15.0. The zero-order valence-corrected chi connectivity index (χ0v) is 16.4. The average Bonchev–Trinajstić information content (AvgIpc) is 2.53. The Morgan fingerprint density at radius 2 is 1.38 bits per heavy atom. The van der Waals surface area contributed by atoms with E-state index in [0.29, 0.717) is 11.1 Å². The highest BCUT2D eigenvalue weighted by Crippen LogP contribution is 2.11.